The second-order valence-corrected chi connectivity index (χ2v) is 9.08. The van der Waals surface area contributed by atoms with Crippen LogP contribution in [0, 0.1) is 0 Å². The normalized spacial score (nSPS) is 11.5. The Morgan fingerprint density at radius 2 is 1.61 bits per heavy atom. The Morgan fingerprint density at radius 3 is 2.16 bits per heavy atom. The lowest BCUT2D eigenvalue weighted by molar-refractivity contribution is 0.101. The smallest absolute Gasteiger partial charge is 0.291 e. The first kappa shape index (κ1) is 22.6. The molecule has 0 aliphatic carbocycles. The summed E-state index contributed by atoms with van der Waals surface area (Å²) in [5.41, 5.74) is 1.24. The zero-order valence-corrected chi connectivity index (χ0v) is 17.6. The maximum atomic E-state index is 12.5. The quantitative estimate of drug-likeness (QED) is 0.491. The summed E-state index contributed by atoms with van der Waals surface area (Å²) in [6.45, 7) is 1.37. The van der Waals surface area contributed by atoms with E-state index in [2.05, 4.69) is 20.2 Å². The number of hydrogen-bond acceptors (Lipinski definition) is 7. The molecule has 8 nitrogen and oxygen atoms in total. The number of carbonyl (C=O) groups is 2. The Labute approximate surface area is 180 Å². The van der Waals surface area contributed by atoms with Gasteiger partial charge in [0.2, 0.25) is 15.2 Å². The fourth-order valence-corrected chi connectivity index (χ4v) is 4.06. The van der Waals surface area contributed by atoms with E-state index in [0.717, 1.165) is 0 Å². The molecule has 0 fully saturated rings. The van der Waals surface area contributed by atoms with Crippen molar-refractivity contribution < 1.29 is 26.8 Å². The van der Waals surface area contributed by atoms with Crippen LogP contribution in [0.5, 0.6) is 0 Å². The number of hydrogen-bond donors (Lipinski definition) is 2. The van der Waals surface area contributed by atoms with Crippen LogP contribution in [0.25, 0.3) is 0 Å². The summed E-state index contributed by atoms with van der Waals surface area (Å²) in [5, 5.41) is 8.61. The molecule has 3 rings (SSSR count). The molecule has 0 aliphatic heterocycles. The van der Waals surface area contributed by atoms with Crippen molar-refractivity contribution in [2.75, 3.05) is 5.32 Å². The molecule has 31 heavy (non-hydrogen) atoms. The Balaban J connectivity index is 1.60. The van der Waals surface area contributed by atoms with Crippen LogP contribution in [-0.2, 0) is 16.6 Å². The first-order valence-electron chi connectivity index (χ1n) is 8.78. The van der Waals surface area contributed by atoms with Crippen LogP contribution in [-0.4, -0.2) is 30.3 Å². The van der Waals surface area contributed by atoms with Crippen molar-refractivity contribution in [2.24, 2.45) is 0 Å². The number of benzene rings is 2. The van der Waals surface area contributed by atoms with Gasteiger partial charge in [0, 0.05) is 17.7 Å². The van der Waals surface area contributed by atoms with Gasteiger partial charge in [-0.3, -0.25) is 14.9 Å². The maximum Gasteiger partial charge on any atom is 0.291 e. The average Bonchev–Trinajstić information content (AvgIpc) is 3.21. The summed E-state index contributed by atoms with van der Waals surface area (Å²) in [6.07, 6.45) is -2.77. The first-order valence-corrected chi connectivity index (χ1v) is 11.1. The number of nitrogens with one attached hydrogen (secondary N) is 2. The standard InChI is InChI=1S/C19H16F2N4O4S2/c1-11(26)13-6-8-15(9-7-13)31(28,29)22-10-12-2-4-14(5-3-12)17(27)23-19-25-24-18(30-19)16(20)21/h2-9,16,22H,10H2,1H3,(H,23,25,27). The molecule has 162 valence electrons. The fourth-order valence-electron chi connectivity index (χ4n) is 2.45. The number of aromatic nitrogens is 2. The van der Waals surface area contributed by atoms with Crippen molar-refractivity contribution in [1.29, 1.82) is 0 Å². The van der Waals surface area contributed by atoms with Crippen molar-refractivity contribution in [3.8, 4) is 0 Å². The minimum atomic E-state index is -3.79. The molecule has 12 heteroatoms. The van der Waals surface area contributed by atoms with Crippen LogP contribution < -0.4 is 10.0 Å². The molecule has 0 saturated carbocycles. The van der Waals surface area contributed by atoms with Crippen LogP contribution in [0.1, 0.15) is 44.6 Å². The highest BCUT2D eigenvalue weighted by atomic mass is 32.2. The van der Waals surface area contributed by atoms with Crippen LogP contribution in [0.2, 0.25) is 0 Å². The van der Waals surface area contributed by atoms with E-state index in [0.29, 0.717) is 22.5 Å². The Kier molecular flexibility index (Phi) is 6.83. The Morgan fingerprint density at radius 1 is 1.00 bits per heavy atom. The zero-order valence-electron chi connectivity index (χ0n) is 16.0. The van der Waals surface area contributed by atoms with E-state index < -0.39 is 27.4 Å². The Hall–Kier alpha value is -3.09. The van der Waals surface area contributed by atoms with Gasteiger partial charge in [-0.05, 0) is 36.8 Å². The highest BCUT2D eigenvalue weighted by molar-refractivity contribution is 7.89. The molecule has 0 atom stereocenters. The predicted molar refractivity (Wildman–Crippen MR) is 110 cm³/mol. The van der Waals surface area contributed by atoms with Crippen LogP contribution in [0.4, 0.5) is 13.9 Å². The second kappa shape index (κ2) is 9.37. The number of carbonyl (C=O) groups excluding carboxylic acids is 2. The lowest BCUT2D eigenvalue weighted by Crippen LogP contribution is -2.23. The molecule has 0 aliphatic rings. The summed E-state index contributed by atoms with van der Waals surface area (Å²) in [4.78, 5) is 23.5. The lowest BCUT2D eigenvalue weighted by atomic mass is 10.1. The number of Topliss-reactive ketones (excluding diaryl/α,β-unsaturated/α-hetero) is 1. The molecule has 1 aromatic heterocycles. The van der Waals surface area contributed by atoms with Gasteiger partial charge in [-0.1, -0.05) is 35.6 Å². The van der Waals surface area contributed by atoms with Crippen molar-refractivity contribution >= 4 is 38.2 Å². The van der Waals surface area contributed by atoms with Gasteiger partial charge in [0.1, 0.15) is 0 Å². The molecule has 1 amide bonds. The molecule has 3 aromatic rings. The molecule has 0 radical (unpaired) electrons. The van der Waals surface area contributed by atoms with Gasteiger partial charge in [-0.15, -0.1) is 10.2 Å². The van der Waals surface area contributed by atoms with Gasteiger partial charge in [0.25, 0.3) is 12.3 Å². The molecule has 0 saturated heterocycles. The van der Waals surface area contributed by atoms with Crippen molar-refractivity contribution in [3.63, 3.8) is 0 Å². The van der Waals surface area contributed by atoms with Crippen LogP contribution in [0.15, 0.2) is 53.4 Å². The predicted octanol–water partition coefficient (Wildman–Crippen LogP) is 3.41. The van der Waals surface area contributed by atoms with Gasteiger partial charge in [-0.2, -0.15) is 0 Å². The van der Waals surface area contributed by atoms with E-state index in [9.17, 15) is 26.8 Å². The SMILES string of the molecule is CC(=O)c1ccc(S(=O)(=O)NCc2ccc(C(=O)Nc3nnc(C(F)F)s3)cc2)cc1. The van der Waals surface area contributed by atoms with Crippen molar-refractivity contribution in [2.45, 2.75) is 24.8 Å². The van der Waals surface area contributed by atoms with E-state index in [4.69, 9.17) is 0 Å². The van der Waals surface area contributed by atoms with Crippen LogP contribution >= 0.6 is 11.3 Å². The minimum Gasteiger partial charge on any atom is -0.296 e. The number of amides is 1. The number of nitrogens with zero attached hydrogens (tertiary/aromatic N) is 2. The molecular formula is C19H16F2N4O4S2. The van der Waals surface area contributed by atoms with Gasteiger partial charge >= 0.3 is 0 Å². The van der Waals surface area contributed by atoms with E-state index in [1.807, 2.05) is 0 Å². The molecule has 1 heterocycles. The molecule has 0 unspecified atom stereocenters. The summed E-state index contributed by atoms with van der Waals surface area (Å²) < 4.78 is 52.3. The number of sulfonamides is 1. The molecule has 0 bridgehead atoms. The molecule has 0 spiro atoms. The fraction of sp³-hybridized carbons (Fsp3) is 0.158. The molecular weight excluding hydrogens is 450 g/mol. The maximum absolute atomic E-state index is 12.5. The molecule has 2 aromatic carbocycles. The largest absolute Gasteiger partial charge is 0.296 e. The summed E-state index contributed by atoms with van der Waals surface area (Å²) >= 11 is 0.579. The number of halogens is 2. The van der Waals surface area contributed by atoms with Gasteiger partial charge < -0.3 is 0 Å². The van der Waals surface area contributed by atoms with Crippen LogP contribution in [0.3, 0.4) is 0 Å². The summed E-state index contributed by atoms with van der Waals surface area (Å²) in [7, 11) is -3.79. The van der Waals surface area contributed by atoms with E-state index in [-0.39, 0.29) is 27.9 Å². The van der Waals surface area contributed by atoms with Gasteiger partial charge in [0.15, 0.2) is 10.8 Å². The third-order valence-electron chi connectivity index (χ3n) is 4.10. The van der Waals surface area contributed by atoms with E-state index >= 15 is 0 Å². The highest BCUT2D eigenvalue weighted by Crippen LogP contribution is 2.25. The lowest BCUT2D eigenvalue weighted by Gasteiger charge is -2.08. The monoisotopic (exact) mass is 466 g/mol. The van der Waals surface area contributed by atoms with Gasteiger partial charge in [-0.25, -0.2) is 21.9 Å². The van der Waals surface area contributed by atoms with Crippen molar-refractivity contribution in [1.82, 2.24) is 14.9 Å². The molecule has 2 N–H and O–H groups in total. The Bertz CT molecular complexity index is 1190. The van der Waals surface area contributed by atoms with E-state index in [1.54, 1.807) is 12.1 Å². The average molecular weight is 466 g/mol. The minimum absolute atomic E-state index is 0.0210. The van der Waals surface area contributed by atoms with Gasteiger partial charge in [0.05, 0.1) is 4.90 Å². The number of ketones is 1. The highest BCUT2D eigenvalue weighted by Gasteiger charge is 2.17. The summed E-state index contributed by atoms with van der Waals surface area (Å²) in [6, 6.07) is 11.6. The van der Waals surface area contributed by atoms with E-state index in [1.165, 1.54) is 43.3 Å². The number of anilines is 1. The second-order valence-electron chi connectivity index (χ2n) is 6.30. The third-order valence-corrected chi connectivity index (χ3v) is 6.36. The number of alkyl halides is 2. The summed E-state index contributed by atoms with van der Waals surface area (Å²) in [5.74, 6) is -0.726. The third kappa shape index (κ3) is 5.75. The first-order chi connectivity index (χ1) is 14.7. The topological polar surface area (TPSA) is 118 Å². The van der Waals surface area contributed by atoms with Crippen molar-refractivity contribution in [3.05, 3.63) is 70.2 Å². The zero-order chi connectivity index (χ0) is 22.6. The number of rotatable bonds is 8.